The normalized spacial score (nSPS) is 19.9. The Morgan fingerprint density at radius 1 is 1.43 bits per heavy atom. The highest BCUT2D eigenvalue weighted by molar-refractivity contribution is 8.13. The predicted molar refractivity (Wildman–Crippen MR) is 87.3 cm³/mol. The monoisotopic (exact) mass is 305 g/mol. The quantitative estimate of drug-likeness (QED) is 0.854. The van der Waals surface area contributed by atoms with Crippen LogP contribution in [0.3, 0.4) is 0 Å². The van der Waals surface area contributed by atoms with Crippen LogP contribution in [0.15, 0.2) is 18.2 Å². The van der Waals surface area contributed by atoms with Crippen molar-refractivity contribution < 1.29 is 9.59 Å². The molecule has 0 aliphatic carbocycles. The maximum absolute atomic E-state index is 12.3. The fourth-order valence-electron chi connectivity index (χ4n) is 2.99. The summed E-state index contributed by atoms with van der Waals surface area (Å²) in [7, 11) is 0. The number of amides is 1. The Morgan fingerprint density at radius 3 is 2.76 bits per heavy atom. The predicted octanol–water partition coefficient (Wildman–Crippen LogP) is 3.49. The van der Waals surface area contributed by atoms with Crippen molar-refractivity contribution in [3.05, 3.63) is 34.9 Å². The second-order valence-electron chi connectivity index (χ2n) is 5.95. The van der Waals surface area contributed by atoms with Gasteiger partial charge in [-0.05, 0) is 37.8 Å². The minimum Gasteiger partial charge on any atom is -0.336 e. The van der Waals surface area contributed by atoms with Crippen LogP contribution in [-0.2, 0) is 9.59 Å². The van der Waals surface area contributed by atoms with Gasteiger partial charge >= 0.3 is 0 Å². The Hall–Kier alpha value is -1.29. The zero-order chi connectivity index (χ0) is 15.6. The van der Waals surface area contributed by atoms with Crippen molar-refractivity contribution >= 4 is 22.8 Å². The van der Waals surface area contributed by atoms with E-state index in [1.54, 1.807) is 6.92 Å². The summed E-state index contributed by atoms with van der Waals surface area (Å²) in [5.41, 5.74) is 3.69. The van der Waals surface area contributed by atoms with E-state index in [1.807, 2.05) is 4.90 Å². The van der Waals surface area contributed by atoms with E-state index >= 15 is 0 Å². The molecule has 21 heavy (non-hydrogen) atoms. The molecule has 1 aromatic rings. The summed E-state index contributed by atoms with van der Waals surface area (Å²) in [5, 5.41) is 0.128. The van der Waals surface area contributed by atoms with E-state index in [9.17, 15) is 9.59 Å². The molecule has 1 aliphatic heterocycles. The van der Waals surface area contributed by atoms with Crippen LogP contribution in [-0.4, -0.2) is 28.2 Å². The van der Waals surface area contributed by atoms with E-state index in [0.29, 0.717) is 12.3 Å². The second-order valence-corrected chi connectivity index (χ2v) is 7.15. The van der Waals surface area contributed by atoms with Crippen LogP contribution in [0, 0.1) is 19.8 Å². The summed E-state index contributed by atoms with van der Waals surface area (Å²) >= 11 is 1.33. The van der Waals surface area contributed by atoms with Gasteiger partial charge in [-0.3, -0.25) is 9.59 Å². The number of carbonyl (C=O) groups excluding carboxylic acids is 2. The Balaban J connectivity index is 2.07. The first kappa shape index (κ1) is 16.1. The number of benzene rings is 1. The third kappa shape index (κ3) is 3.88. The van der Waals surface area contributed by atoms with Crippen LogP contribution < -0.4 is 0 Å². The smallest absolute Gasteiger partial charge is 0.223 e. The highest BCUT2D eigenvalue weighted by Crippen LogP contribution is 2.31. The molecule has 2 rings (SSSR count). The van der Waals surface area contributed by atoms with Crippen LogP contribution in [0.5, 0.6) is 0 Å². The summed E-state index contributed by atoms with van der Waals surface area (Å²) < 4.78 is 0. The van der Waals surface area contributed by atoms with Gasteiger partial charge in [-0.25, -0.2) is 0 Å². The summed E-state index contributed by atoms with van der Waals surface area (Å²) in [4.78, 5) is 25.3. The van der Waals surface area contributed by atoms with Crippen LogP contribution >= 0.6 is 11.8 Å². The molecular weight excluding hydrogens is 282 g/mol. The molecule has 1 aromatic carbocycles. The van der Waals surface area contributed by atoms with Gasteiger partial charge in [0.2, 0.25) is 5.91 Å². The van der Waals surface area contributed by atoms with Crippen molar-refractivity contribution in [2.75, 3.05) is 12.3 Å². The zero-order valence-corrected chi connectivity index (χ0v) is 14.0. The van der Waals surface area contributed by atoms with Crippen molar-refractivity contribution in [2.45, 2.75) is 40.2 Å². The number of nitrogens with zero attached hydrogens (tertiary/aromatic N) is 1. The first-order valence-corrected chi connectivity index (χ1v) is 8.37. The largest absolute Gasteiger partial charge is 0.336 e. The lowest BCUT2D eigenvalue weighted by Crippen LogP contribution is -2.29. The summed E-state index contributed by atoms with van der Waals surface area (Å²) in [6, 6.07) is 6.49. The Labute approximate surface area is 131 Å². The number of hydrogen-bond donors (Lipinski definition) is 0. The average molecular weight is 305 g/mol. The molecule has 1 fully saturated rings. The Kier molecular flexibility index (Phi) is 5.09. The SMILES string of the molecule is CC(=O)SCC1CC(=O)N(C(C)c2ccc(C)cc2C)C1. The van der Waals surface area contributed by atoms with Gasteiger partial charge in [-0.2, -0.15) is 0 Å². The third-order valence-electron chi connectivity index (χ3n) is 4.10. The number of rotatable bonds is 4. The van der Waals surface area contributed by atoms with Gasteiger partial charge in [-0.1, -0.05) is 35.5 Å². The number of hydrogen-bond acceptors (Lipinski definition) is 3. The topological polar surface area (TPSA) is 37.4 Å². The number of likely N-dealkylation sites (tertiary alicyclic amines) is 1. The molecule has 0 bridgehead atoms. The van der Waals surface area contributed by atoms with Crippen LogP contribution in [0.2, 0.25) is 0 Å². The lowest BCUT2D eigenvalue weighted by Gasteiger charge is -2.26. The summed E-state index contributed by atoms with van der Waals surface area (Å²) in [5.74, 6) is 1.24. The van der Waals surface area contributed by atoms with Gasteiger partial charge in [-0.15, -0.1) is 0 Å². The van der Waals surface area contributed by atoms with E-state index in [0.717, 1.165) is 12.3 Å². The molecule has 1 heterocycles. The molecule has 1 saturated heterocycles. The molecule has 114 valence electrons. The fraction of sp³-hybridized carbons (Fsp3) is 0.529. The molecule has 0 N–H and O–H groups in total. The van der Waals surface area contributed by atoms with Gasteiger partial charge in [0.05, 0.1) is 6.04 Å². The first-order valence-electron chi connectivity index (χ1n) is 7.38. The number of thioether (sulfide) groups is 1. The maximum atomic E-state index is 12.3. The minimum absolute atomic E-state index is 0.102. The van der Waals surface area contributed by atoms with Crippen LogP contribution in [0.4, 0.5) is 0 Å². The standard InChI is InChI=1S/C17H23NO2S/c1-11-5-6-16(12(2)7-11)13(3)18-9-15(8-17(18)20)10-21-14(4)19/h5-7,13,15H,8-10H2,1-4H3. The Morgan fingerprint density at radius 2 is 2.14 bits per heavy atom. The molecule has 1 amide bonds. The number of aryl methyl sites for hydroxylation is 2. The molecule has 0 spiro atoms. The molecule has 0 saturated carbocycles. The van der Waals surface area contributed by atoms with Gasteiger partial charge in [0.25, 0.3) is 0 Å². The molecular formula is C17H23NO2S. The second kappa shape index (κ2) is 6.65. The summed E-state index contributed by atoms with van der Waals surface area (Å²) in [6.45, 7) is 8.61. The van der Waals surface area contributed by atoms with Crippen LogP contribution in [0.1, 0.15) is 43.0 Å². The fourth-order valence-corrected chi connectivity index (χ4v) is 3.69. The van der Waals surface area contributed by atoms with Gasteiger partial charge in [0.1, 0.15) is 0 Å². The molecule has 1 aliphatic rings. The first-order chi connectivity index (χ1) is 9.88. The molecule has 3 nitrogen and oxygen atoms in total. The molecule has 0 radical (unpaired) electrons. The minimum atomic E-state index is 0.102. The van der Waals surface area contributed by atoms with E-state index in [4.69, 9.17) is 0 Å². The third-order valence-corrected chi connectivity index (χ3v) is 5.15. The van der Waals surface area contributed by atoms with Crippen molar-refractivity contribution in [3.8, 4) is 0 Å². The maximum Gasteiger partial charge on any atom is 0.223 e. The highest BCUT2D eigenvalue weighted by atomic mass is 32.2. The van der Waals surface area contributed by atoms with Gasteiger partial charge < -0.3 is 4.90 Å². The van der Waals surface area contributed by atoms with Crippen LogP contribution in [0.25, 0.3) is 0 Å². The highest BCUT2D eigenvalue weighted by Gasteiger charge is 2.33. The zero-order valence-electron chi connectivity index (χ0n) is 13.2. The summed E-state index contributed by atoms with van der Waals surface area (Å²) in [6.07, 6.45) is 0.565. The van der Waals surface area contributed by atoms with Crippen molar-refractivity contribution in [1.29, 1.82) is 0 Å². The van der Waals surface area contributed by atoms with E-state index in [-0.39, 0.29) is 17.1 Å². The average Bonchev–Trinajstić information content (AvgIpc) is 2.77. The molecule has 2 atom stereocenters. The Bertz CT molecular complexity index is 556. The number of carbonyl (C=O) groups is 2. The van der Waals surface area contributed by atoms with Crippen molar-refractivity contribution in [2.24, 2.45) is 5.92 Å². The van der Waals surface area contributed by atoms with E-state index in [2.05, 4.69) is 39.0 Å². The van der Waals surface area contributed by atoms with E-state index < -0.39 is 0 Å². The van der Waals surface area contributed by atoms with Gasteiger partial charge in [0.15, 0.2) is 5.12 Å². The molecule has 2 unspecified atom stereocenters. The lowest BCUT2D eigenvalue weighted by atomic mass is 9.99. The lowest BCUT2D eigenvalue weighted by molar-refractivity contribution is -0.129. The van der Waals surface area contributed by atoms with Crippen molar-refractivity contribution in [1.82, 2.24) is 4.90 Å². The van der Waals surface area contributed by atoms with E-state index in [1.165, 1.54) is 28.5 Å². The molecule has 4 heteroatoms. The molecule has 0 aromatic heterocycles. The van der Waals surface area contributed by atoms with Crippen molar-refractivity contribution in [3.63, 3.8) is 0 Å². The van der Waals surface area contributed by atoms with Gasteiger partial charge in [0, 0.05) is 25.6 Å².